The molecule has 0 aliphatic carbocycles. The number of likely N-dealkylation sites (tertiary alicyclic amines) is 1. The number of aliphatic hydroxyl groups excluding tert-OH is 2. The third-order valence-corrected chi connectivity index (χ3v) is 2.64. The first-order chi connectivity index (χ1) is 5.74. The van der Waals surface area contributed by atoms with Gasteiger partial charge in [0.1, 0.15) is 0 Å². The number of hydrogen-bond donors (Lipinski definition) is 2. The molecule has 3 heteroatoms. The Morgan fingerprint density at radius 3 is 2.92 bits per heavy atom. The van der Waals surface area contributed by atoms with Crippen LogP contribution >= 0.6 is 0 Å². The molecule has 2 atom stereocenters. The molecule has 72 valence electrons. The maximum absolute atomic E-state index is 9.37. The summed E-state index contributed by atoms with van der Waals surface area (Å²) in [7, 11) is 0. The van der Waals surface area contributed by atoms with Gasteiger partial charge in [0.05, 0.1) is 12.7 Å². The first-order valence-corrected chi connectivity index (χ1v) is 4.75. The molecule has 1 rings (SSSR count). The number of aliphatic hydroxyl groups is 2. The van der Waals surface area contributed by atoms with Crippen LogP contribution in [0.1, 0.15) is 19.8 Å². The molecule has 3 nitrogen and oxygen atoms in total. The van der Waals surface area contributed by atoms with Crippen LogP contribution < -0.4 is 0 Å². The Balaban J connectivity index is 2.30. The van der Waals surface area contributed by atoms with Gasteiger partial charge in [-0.15, -0.1) is 0 Å². The summed E-state index contributed by atoms with van der Waals surface area (Å²) < 4.78 is 0. The lowest BCUT2D eigenvalue weighted by atomic mass is 9.93. The second kappa shape index (κ2) is 4.80. The topological polar surface area (TPSA) is 43.7 Å². The Bertz CT molecular complexity index is 126. The van der Waals surface area contributed by atoms with Crippen LogP contribution in [-0.2, 0) is 0 Å². The molecular weight excluding hydrogens is 154 g/mol. The third-order valence-electron chi connectivity index (χ3n) is 2.64. The van der Waals surface area contributed by atoms with Crippen LogP contribution in [-0.4, -0.2) is 47.5 Å². The predicted octanol–water partition coefficient (Wildman–Crippen LogP) is 0.0715. The highest BCUT2D eigenvalue weighted by Crippen LogP contribution is 2.18. The summed E-state index contributed by atoms with van der Waals surface area (Å²) in [4.78, 5) is 2.22. The summed E-state index contributed by atoms with van der Waals surface area (Å²) in [5.74, 6) is 0.408. The van der Waals surface area contributed by atoms with Crippen molar-refractivity contribution >= 4 is 0 Å². The van der Waals surface area contributed by atoms with Gasteiger partial charge >= 0.3 is 0 Å². The van der Waals surface area contributed by atoms with Crippen LogP contribution in [0.2, 0.25) is 0 Å². The Morgan fingerprint density at radius 1 is 1.58 bits per heavy atom. The van der Waals surface area contributed by atoms with E-state index in [0.29, 0.717) is 5.92 Å². The van der Waals surface area contributed by atoms with E-state index in [9.17, 15) is 5.11 Å². The molecule has 0 aromatic carbocycles. The van der Waals surface area contributed by atoms with Crippen LogP contribution in [0.15, 0.2) is 0 Å². The van der Waals surface area contributed by atoms with Crippen molar-refractivity contribution in [3.63, 3.8) is 0 Å². The first-order valence-electron chi connectivity index (χ1n) is 4.75. The van der Waals surface area contributed by atoms with Gasteiger partial charge in [-0.1, -0.05) is 0 Å². The number of rotatable bonds is 3. The number of β-amino-alcohol motifs (C(OH)–C–C–N with tert-alkyl or cyclic N) is 1. The molecule has 0 aromatic heterocycles. The molecular formula is C9H19NO2. The maximum atomic E-state index is 9.37. The highest BCUT2D eigenvalue weighted by atomic mass is 16.3. The average Bonchev–Trinajstić information content (AvgIpc) is 2.05. The zero-order chi connectivity index (χ0) is 8.97. The van der Waals surface area contributed by atoms with Gasteiger partial charge in [0, 0.05) is 13.1 Å². The van der Waals surface area contributed by atoms with Crippen molar-refractivity contribution in [2.75, 3.05) is 26.2 Å². The Kier molecular flexibility index (Phi) is 3.98. The maximum Gasteiger partial charge on any atom is 0.0558 e. The highest BCUT2D eigenvalue weighted by molar-refractivity contribution is 4.75. The van der Waals surface area contributed by atoms with E-state index in [1.165, 1.54) is 0 Å². The van der Waals surface area contributed by atoms with Crippen molar-refractivity contribution in [2.24, 2.45) is 5.92 Å². The summed E-state index contributed by atoms with van der Waals surface area (Å²) in [6.45, 7) is 4.85. The van der Waals surface area contributed by atoms with Crippen molar-refractivity contribution in [3.8, 4) is 0 Å². The minimum atomic E-state index is -0.202. The highest BCUT2D eigenvalue weighted by Gasteiger charge is 2.22. The zero-order valence-corrected chi connectivity index (χ0v) is 7.74. The van der Waals surface area contributed by atoms with Crippen LogP contribution in [0.3, 0.4) is 0 Å². The van der Waals surface area contributed by atoms with Gasteiger partial charge in [-0.2, -0.15) is 0 Å². The fourth-order valence-corrected chi connectivity index (χ4v) is 1.83. The van der Waals surface area contributed by atoms with Crippen LogP contribution in [0.25, 0.3) is 0 Å². The average molecular weight is 173 g/mol. The van der Waals surface area contributed by atoms with Crippen molar-refractivity contribution in [1.82, 2.24) is 4.90 Å². The SMILES string of the molecule is C[C@H](O)[C@@H]1CCCN(CCO)C1. The number of hydrogen-bond acceptors (Lipinski definition) is 3. The van der Waals surface area contributed by atoms with E-state index in [0.717, 1.165) is 32.5 Å². The van der Waals surface area contributed by atoms with Gasteiger partial charge in [0.15, 0.2) is 0 Å². The summed E-state index contributed by atoms with van der Waals surface area (Å²) >= 11 is 0. The summed E-state index contributed by atoms with van der Waals surface area (Å²) in [5.41, 5.74) is 0. The molecule has 1 heterocycles. The van der Waals surface area contributed by atoms with Crippen molar-refractivity contribution in [2.45, 2.75) is 25.9 Å². The molecule has 0 bridgehead atoms. The zero-order valence-electron chi connectivity index (χ0n) is 7.74. The molecule has 1 aliphatic rings. The van der Waals surface area contributed by atoms with E-state index >= 15 is 0 Å². The molecule has 0 amide bonds. The lowest BCUT2D eigenvalue weighted by Gasteiger charge is -2.33. The summed E-state index contributed by atoms with van der Waals surface area (Å²) in [6, 6.07) is 0. The second-order valence-corrected chi connectivity index (χ2v) is 3.67. The largest absolute Gasteiger partial charge is 0.395 e. The smallest absolute Gasteiger partial charge is 0.0558 e. The molecule has 1 aliphatic heterocycles. The van der Waals surface area contributed by atoms with Gasteiger partial charge < -0.3 is 15.1 Å². The molecule has 1 fully saturated rings. The van der Waals surface area contributed by atoms with Crippen molar-refractivity contribution < 1.29 is 10.2 Å². The fraction of sp³-hybridized carbons (Fsp3) is 1.00. The molecule has 1 saturated heterocycles. The van der Waals surface area contributed by atoms with E-state index in [2.05, 4.69) is 4.90 Å². The first kappa shape index (κ1) is 9.96. The van der Waals surface area contributed by atoms with Crippen LogP contribution in [0.5, 0.6) is 0 Å². The van der Waals surface area contributed by atoms with Crippen molar-refractivity contribution in [1.29, 1.82) is 0 Å². The van der Waals surface area contributed by atoms with E-state index in [1.807, 2.05) is 6.92 Å². The normalized spacial score (nSPS) is 28.8. The van der Waals surface area contributed by atoms with Gasteiger partial charge in [-0.3, -0.25) is 0 Å². The quantitative estimate of drug-likeness (QED) is 0.635. The molecule has 0 radical (unpaired) electrons. The lowest BCUT2D eigenvalue weighted by molar-refractivity contribution is 0.0557. The number of piperidine rings is 1. The fourth-order valence-electron chi connectivity index (χ4n) is 1.83. The van der Waals surface area contributed by atoms with E-state index in [4.69, 9.17) is 5.11 Å². The molecule has 0 saturated carbocycles. The van der Waals surface area contributed by atoms with Crippen LogP contribution in [0, 0.1) is 5.92 Å². The number of nitrogens with zero attached hydrogens (tertiary/aromatic N) is 1. The molecule has 0 aromatic rings. The summed E-state index contributed by atoms with van der Waals surface area (Å²) in [5, 5.41) is 18.1. The van der Waals surface area contributed by atoms with Crippen LogP contribution in [0.4, 0.5) is 0 Å². The van der Waals surface area contributed by atoms with Gasteiger partial charge in [0.25, 0.3) is 0 Å². The molecule has 12 heavy (non-hydrogen) atoms. The van der Waals surface area contributed by atoms with Gasteiger partial charge in [0.2, 0.25) is 0 Å². The molecule has 0 spiro atoms. The second-order valence-electron chi connectivity index (χ2n) is 3.67. The molecule has 0 unspecified atom stereocenters. The monoisotopic (exact) mass is 173 g/mol. The van der Waals surface area contributed by atoms with Gasteiger partial charge in [-0.05, 0) is 32.2 Å². The summed E-state index contributed by atoms with van der Waals surface area (Å²) in [6.07, 6.45) is 2.07. The molecule has 2 N–H and O–H groups in total. The Labute approximate surface area is 74.0 Å². The van der Waals surface area contributed by atoms with E-state index in [1.54, 1.807) is 0 Å². The third kappa shape index (κ3) is 2.73. The minimum Gasteiger partial charge on any atom is -0.395 e. The predicted molar refractivity (Wildman–Crippen MR) is 47.9 cm³/mol. The Hall–Kier alpha value is -0.120. The lowest BCUT2D eigenvalue weighted by Crippen LogP contribution is -2.40. The van der Waals surface area contributed by atoms with E-state index < -0.39 is 0 Å². The standard InChI is InChI=1S/C9H19NO2/c1-8(12)9-3-2-4-10(7-9)5-6-11/h8-9,11-12H,2-7H2,1H3/t8-,9+/m0/s1. The van der Waals surface area contributed by atoms with E-state index in [-0.39, 0.29) is 12.7 Å². The minimum absolute atomic E-state index is 0.202. The van der Waals surface area contributed by atoms with Crippen molar-refractivity contribution in [3.05, 3.63) is 0 Å². The Morgan fingerprint density at radius 2 is 2.33 bits per heavy atom. The van der Waals surface area contributed by atoms with Gasteiger partial charge in [-0.25, -0.2) is 0 Å².